The van der Waals surface area contributed by atoms with Crippen molar-refractivity contribution in [2.24, 2.45) is 17.8 Å². The predicted molar refractivity (Wildman–Crippen MR) is 62.8 cm³/mol. The average molecular weight is 251 g/mol. The highest BCUT2D eigenvalue weighted by atomic mass is 16.5. The van der Waals surface area contributed by atoms with Gasteiger partial charge >= 0.3 is 5.97 Å². The molecule has 1 spiro atoms. The van der Waals surface area contributed by atoms with Crippen molar-refractivity contribution in [2.45, 2.75) is 25.6 Å². The summed E-state index contributed by atoms with van der Waals surface area (Å²) in [6.07, 6.45) is 3.25. The van der Waals surface area contributed by atoms with E-state index in [2.05, 4.69) is 0 Å². The SMILES string of the molecule is CC(C)CN1C[C@@]23C=C[C@H](O2)[C@H](C(=O)O)[C@@H]3C1=O. The number of rotatable bonds is 3. The smallest absolute Gasteiger partial charge is 0.310 e. The van der Waals surface area contributed by atoms with Gasteiger partial charge in [-0.15, -0.1) is 0 Å². The standard InChI is InChI=1S/C13H17NO4/c1-7(2)5-14-6-13-4-3-8(18-13)9(12(16)17)10(13)11(14)15/h3-4,7-10H,5-6H2,1-2H3,(H,16,17)/t8-,9-,10+,13+/m0/s1. The minimum absolute atomic E-state index is 0.0667. The van der Waals surface area contributed by atoms with Crippen LogP contribution in [-0.2, 0) is 14.3 Å². The summed E-state index contributed by atoms with van der Waals surface area (Å²) in [5, 5.41) is 9.28. The van der Waals surface area contributed by atoms with Crippen molar-refractivity contribution in [1.82, 2.24) is 4.90 Å². The molecule has 1 amide bonds. The maximum atomic E-state index is 12.4. The van der Waals surface area contributed by atoms with Gasteiger partial charge in [-0.25, -0.2) is 0 Å². The summed E-state index contributed by atoms with van der Waals surface area (Å²) in [6.45, 7) is 5.24. The second-order valence-corrected chi connectivity index (χ2v) is 5.85. The third kappa shape index (κ3) is 1.37. The van der Waals surface area contributed by atoms with Gasteiger partial charge in [-0.2, -0.15) is 0 Å². The van der Waals surface area contributed by atoms with Gasteiger partial charge in [0.05, 0.1) is 18.6 Å². The van der Waals surface area contributed by atoms with E-state index in [0.717, 1.165) is 0 Å². The summed E-state index contributed by atoms with van der Waals surface area (Å²) in [5.41, 5.74) is -0.681. The molecular formula is C13H17NO4. The predicted octanol–water partition coefficient (Wildman–Crippen LogP) is 0.509. The molecule has 5 nitrogen and oxygen atoms in total. The molecule has 3 heterocycles. The maximum absolute atomic E-state index is 12.4. The summed E-state index contributed by atoms with van der Waals surface area (Å²) in [6, 6.07) is 0. The van der Waals surface area contributed by atoms with Gasteiger partial charge in [0, 0.05) is 6.54 Å². The second kappa shape index (κ2) is 3.57. The third-order valence-electron chi connectivity index (χ3n) is 4.05. The Bertz CT molecular complexity index is 444. The molecule has 3 aliphatic heterocycles. The zero-order chi connectivity index (χ0) is 13.1. The third-order valence-corrected chi connectivity index (χ3v) is 4.05. The summed E-state index contributed by atoms with van der Waals surface area (Å²) < 4.78 is 5.79. The number of ether oxygens (including phenoxy) is 1. The molecule has 2 bridgehead atoms. The lowest BCUT2D eigenvalue weighted by atomic mass is 9.77. The molecule has 3 rings (SSSR count). The van der Waals surface area contributed by atoms with Crippen LogP contribution in [0.15, 0.2) is 12.2 Å². The fraction of sp³-hybridized carbons (Fsp3) is 0.692. The molecule has 0 aromatic heterocycles. The lowest BCUT2D eigenvalue weighted by molar-refractivity contribution is -0.148. The second-order valence-electron chi connectivity index (χ2n) is 5.85. The molecule has 2 saturated heterocycles. The van der Waals surface area contributed by atoms with Crippen LogP contribution in [0.2, 0.25) is 0 Å². The Morgan fingerprint density at radius 2 is 2.39 bits per heavy atom. The number of carbonyl (C=O) groups excluding carboxylic acids is 1. The van der Waals surface area contributed by atoms with E-state index in [-0.39, 0.29) is 5.91 Å². The Kier molecular flexibility index (Phi) is 2.32. The van der Waals surface area contributed by atoms with Crippen molar-refractivity contribution in [2.75, 3.05) is 13.1 Å². The van der Waals surface area contributed by atoms with Crippen molar-refractivity contribution in [3.8, 4) is 0 Å². The van der Waals surface area contributed by atoms with Crippen molar-refractivity contribution in [1.29, 1.82) is 0 Å². The molecule has 1 N–H and O–H groups in total. The van der Waals surface area contributed by atoms with Crippen LogP contribution in [-0.4, -0.2) is 46.7 Å². The number of fused-ring (bicyclic) bond motifs is 1. The zero-order valence-electron chi connectivity index (χ0n) is 10.5. The van der Waals surface area contributed by atoms with Gasteiger partial charge in [0.15, 0.2) is 0 Å². The minimum Gasteiger partial charge on any atom is -0.481 e. The first kappa shape index (κ1) is 11.7. The topological polar surface area (TPSA) is 66.8 Å². The summed E-state index contributed by atoms with van der Waals surface area (Å²) in [7, 11) is 0. The van der Waals surface area contributed by atoms with Gasteiger partial charge < -0.3 is 14.7 Å². The number of hydrogen-bond acceptors (Lipinski definition) is 3. The number of hydrogen-bond donors (Lipinski definition) is 1. The van der Waals surface area contributed by atoms with E-state index in [9.17, 15) is 14.7 Å². The molecular weight excluding hydrogens is 234 g/mol. The fourth-order valence-electron chi connectivity index (χ4n) is 3.46. The Balaban J connectivity index is 1.92. The summed E-state index contributed by atoms with van der Waals surface area (Å²) >= 11 is 0. The Morgan fingerprint density at radius 3 is 3.00 bits per heavy atom. The Hall–Kier alpha value is -1.36. The van der Waals surface area contributed by atoms with Gasteiger partial charge in [0.2, 0.25) is 5.91 Å². The van der Waals surface area contributed by atoms with Crippen LogP contribution in [0.1, 0.15) is 13.8 Å². The molecule has 0 aromatic carbocycles. The van der Waals surface area contributed by atoms with Gasteiger partial charge in [-0.3, -0.25) is 9.59 Å². The van der Waals surface area contributed by atoms with Crippen LogP contribution < -0.4 is 0 Å². The van der Waals surface area contributed by atoms with E-state index >= 15 is 0 Å². The molecule has 18 heavy (non-hydrogen) atoms. The average Bonchev–Trinajstić information content (AvgIpc) is 2.87. The largest absolute Gasteiger partial charge is 0.481 e. The van der Waals surface area contributed by atoms with Crippen molar-refractivity contribution < 1.29 is 19.4 Å². The number of carbonyl (C=O) groups is 2. The normalized spacial score (nSPS) is 40.9. The zero-order valence-corrected chi connectivity index (χ0v) is 10.5. The number of nitrogens with zero attached hydrogens (tertiary/aromatic N) is 1. The van der Waals surface area contributed by atoms with E-state index in [4.69, 9.17) is 4.74 Å². The molecule has 98 valence electrons. The van der Waals surface area contributed by atoms with Gasteiger partial charge in [-0.05, 0) is 5.92 Å². The maximum Gasteiger partial charge on any atom is 0.310 e. The number of likely N-dealkylation sites (tertiary alicyclic amines) is 1. The molecule has 0 aliphatic carbocycles. The monoisotopic (exact) mass is 251 g/mol. The quantitative estimate of drug-likeness (QED) is 0.742. The highest BCUT2D eigenvalue weighted by Gasteiger charge is 2.66. The molecule has 0 saturated carbocycles. The first-order valence-corrected chi connectivity index (χ1v) is 6.33. The Morgan fingerprint density at radius 1 is 1.67 bits per heavy atom. The molecule has 3 aliphatic rings. The van der Waals surface area contributed by atoms with Crippen molar-refractivity contribution in [3.05, 3.63) is 12.2 Å². The highest BCUT2D eigenvalue weighted by Crippen LogP contribution is 2.51. The molecule has 4 atom stereocenters. The summed E-state index contributed by atoms with van der Waals surface area (Å²) in [4.78, 5) is 25.4. The van der Waals surface area contributed by atoms with E-state index < -0.39 is 29.5 Å². The van der Waals surface area contributed by atoms with Crippen LogP contribution >= 0.6 is 0 Å². The molecule has 5 heteroatoms. The first-order valence-electron chi connectivity index (χ1n) is 6.33. The van der Waals surface area contributed by atoms with E-state index in [0.29, 0.717) is 19.0 Å². The van der Waals surface area contributed by atoms with Gasteiger partial charge in [0.25, 0.3) is 0 Å². The lowest BCUT2D eigenvalue weighted by Crippen LogP contribution is -2.39. The van der Waals surface area contributed by atoms with Gasteiger partial charge in [0.1, 0.15) is 11.5 Å². The first-order chi connectivity index (χ1) is 8.44. The highest BCUT2D eigenvalue weighted by molar-refractivity contribution is 5.90. The van der Waals surface area contributed by atoms with Crippen LogP contribution in [0.25, 0.3) is 0 Å². The van der Waals surface area contributed by atoms with E-state index in [1.165, 1.54) is 0 Å². The lowest BCUT2D eigenvalue weighted by Gasteiger charge is -2.22. The minimum atomic E-state index is -0.934. The van der Waals surface area contributed by atoms with Crippen LogP contribution in [0, 0.1) is 17.8 Å². The van der Waals surface area contributed by atoms with Crippen molar-refractivity contribution >= 4 is 11.9 Å². The van der Waals surface area contributed by atoms with E-state index in [1.807, 2.05) is 19.9 Å². The molecule has 0 radical (unpaired) electrons. The number of amides is 1. The van der Waals surface area contributed by atoms with Crippen LogP contribution in [0.5, 0.6) is 0 Å². The van der Waals surface area contributed by atoms with E-state index in [1.54, 1.807) is 11.0 Å². The molecule has 0 aromatic rings. The molecule has 2 fully saturated rings. The van der Waals surface area contributed by atoms with Gasteiger partial charge in [-0.1, -0.05) is 26.0 Å². The van der Waals surface area contributed by atoms with Crippen LogP contribution in [0.3, 0.4) is 0 Å². The van der Waals surface area contributed by atoms with Crippen molar-refractivity contribution in [3.63, 3.8) is 0 Å². The molecule has 0 unspecified atom stereocenters. The van der Waals surface area contributed by atoms with Crippen LogP contribution in [0.4, 0.5) is 0 Å². The number of carboxylic acid groups (broad SMARTS) is 1. The Labute approximate surface area is 105 Å². The summed E-state index contributed by atoms with van der Waals surface area (Å²) in [5.74, 6) is -1.89. The number of aliphatic carboxylic acids is 1. The number of carboxylic acids is 1. The fourth-order valence-corrected chi connectivity index (χ4v) is 3.46.